The summed E-state index contributed by atoms with van der Waals surface area (Å²) in [6, 6.07) is 7.48. The number of aliphatic hydroxyl groups is 1. The standard InChI is InChI=1S/C19H24O7/c1-22-13-8-6-12(7-9-13)19-24-11-17-15(26-19)5-3-4-14(20)16(25-17)10-18(21)23-2/h3,5-9,14-17,19-20H,4,10-11H2,1-2H3/b5-3-/t14-,15+,16+,17-,19-/m1/s1. The largest absolute Gasteiger partial charge is 0.497 e. The summed E-state index contributed by atoms with van der Waals surface area (Å²) < 4.78 is 27.6. The molecule has 2 aliphatic heterocycles. The highest BCUT2D eigenvalue weighted by molar-refractivity contribution is 5.69. The van der Waals surface area contributed by atoms with Gasteiger partial charge in [0.25, 0.3) is 0 Å². The first-order valence-electron chi connectivity index (χ1n) is 8.58. The molecule has 0 saturated carbocycles. The highest BCUT2D eigenvalue weighted by Crippen LogP contribution is 2.31. The highest BCUT2D eigenvalue weighted by Gasteiger charge is 2.37. The number of hydrogen-bond donors (Lipinski definition) is 1. The minimum Gasteiger partial charge on any atom is -0.497 e. The summed E-state index contributed by atoms with van der Waals surface area (Å²) in [7, 11) is 2.93. The first-order chi connectivity index (χ1) is 12.6. The van der Waals surface area contributed by atoms with Crippen LogP contribution in [-0.2, 0) is 23.7 Å². The lowest BCUT2D eigenvalue weighted by Gasteiger charge is -2.38. The van der Waals surface area contributed by atoms with Crippen LogP contribution in [0.5, 0.6) is 5.75 Å². The van der Waals surface area contributed by atoms with Crippen LogP contribution in [0, 0.1) is 0 Å². The number of ether oxygens (including phenoxy) is 5. The number of fused-ring (bicyclic) bond motifs is 1. The van der Waals surface area contributed by atoms with Gasteiger partial charge in [0.05, 0.1) is 39.5 Å². The quantitative estimate of drug-likeness (QED) is 0.644. The molecule has 7 heteroatoms. The highest BCUT2D eigenvalue weighted by atomic mass is 16.7. The summed E-state index contributed by atoms with van der Waals surface area (Å²) >= 11 is 0. The Labute approximate surface area is 152 Å². The second-order valence-corrected chi connectivity index (χ2v) is 6.26. The lowest BCUT2D eigenvalue weighted by Crippen LogP contribution is -2.47. The van der Waals surface area contributed by atoms with Gasteiger partial charge in [-0.2, -0.15) is 0 Å². The van der Waals surface area contributed by atoms with Gasteiger partial charge in [0.2, 0.25) is 0 Å². The van der Waals surface area contributed by atoms with Crippen molar-refractivity contribution in [3.05, 3.63) is 42.0 Å². The number of aliphatic hydroxyl groups excluding tert-OH is 1. The molecule has 2 heterocycles. The zero-order valence-electron chi connectivity index (χ0n) is 14.9. The first-order valence-corrected chi connectivity index (χ1v) is 8.58. The number of methoxy groups -OCH3 is 2. The fourth-order valence-electron chi connectivity index (χ4n) is 3.02. The van der Waals surface area contributed by atoms with Crippen molar-refractivity contribution in [1.29, 1.82) is 0 Å². The van der Waals surface area contributed by atoms with Crippen LogP contribution in [0.15, 0.2) is 36.4 Å². The zero-order chi connectivity index (χ0) is 18.5. The second kappa shape index (κ2) is 8.64. The molecule has 1 aromatic carbocycles. The molecule has 0 unspecified atom stereocenters. The Bertz CT molecular complexity index is 627. The maximum Gasteiger partial charge on any atom is 0.308 e. The van der Waals surface area contributed by atoms with Crippen molar-refractivity contribution in [3.63, 3.8) is 0 Å². The second-order valence-electron chi connectivity index (χ2n) is 6.26. The van der Waals surface area contributed by atoms with Crippen LogP contribution in [-0.4, -0.2) is 56.3 Å². The molecule has 5 atom stereocenters. The molecule has 0 aliphatic carbocycles. The molecular formula is C19H24O7. The summed E-state index contributed by atoms with van der Waals surface area (Å²) in [5, 5.41) is 10.2. The average molecular weight is 364 g/mol. The Hall–Kier alpha value is -1.93. The fourth-order valence-corrected chi connectivity index (χ4v) is 3.02. The van der Waals surface area contributed by atoms with Crippen LogP contribution < -0.4 is 4.74 Å². The van der Waals surface area contributed by atoms with Crippen LogP contribution in [0.25, 0.3) is 0 Å². The number of hydrogen-bond acceptors (Lipinski definition) is 7. The Morgan fingerprint density at radius 3 is 2.69 bits per heavy atom. The van der Waals surface area contributed by atoms with Gasteiger partial charge in [-0.25, -0.2) is 0 Å². The molecule has 26 heavy (non-hydrogen) atoms. The normalized spacial score (nSPS) is 32.7. The van der Waals surface area contributed by atoms with E-state index >= 15 is 0 Å². The summed E-state index contributed by atoms with van der Waals surface area (Å²) in [5.74, 6) is 0.333. The van der Waals surface area contributed by atoms with Gasteiger partial charge in [-0.05, 0) is 18.6 Å². The predicted octanol–water partition coefficient (Wildman–Crippen LogP) is 1.75. The van der Waals surface area contributed by atoms with E-state index in [2.05, 4.69) is 4.74 Å². The third-order valence-corrected chi connectivity index (χ3v) is 4.52. The summed E-state index contributed by atoms with van der Waals surface area (Å²) in [6.07, 6.45) is 1.38. The van der Waals surface area contributed by atoms with E-state index in [1.165, 1.54) is 7.11 Å². The van der Waals surface area contributed by atoms with Gasteiger partial charge in [-0.1, -0.05) is 24.3 Å². The molecule has 1 N–H and O–H groups in total. The van der Waals surface area contributed by atoms with E-state index in [1.54, 1.807) is 7.11 Å². The summed E-state index contributed by atoms with van der Waals surface area (Å²) in [5.41, 5.74) is 0.880. The minimum absolute atomic E-state index is 0.0172. The number of esters is 1. The molecule has 0 aromatic heterocycles. The van der Waals surface area contributed by atoms with Gasteiger partial charge in [0, 0.05) is 5.56 Å². The third kappa shape index (κ3) is 4.42. The Balaban J connectivity index is 1.69. The molecule has 3 rings (SSSR count). The SMILES string of the molecule is COC(=O)C[C@@H]1O[C@@H]2CO[C@@H](c3ccc(OC)cc3)O[C@H]2/C=C\C[C@H]1O. The van der Waals surface area contributed by atoms with Crippen LogP contribution >= 0.6 is 0 Å². The van der Waals surface area contributed by atoms with Crippen molar-refractivity contribution in [2.45, 2.75) is 43.5 Å². The van der Waals surface area contributed by atoms with Crippen molar-refractivity contribution < 1.29 is 33.6 Å². The van der Waals surface area contributed by atoms with Crippen LogP contribution in [0.3, 0.4) is 0 Å². The maximum atomic E-state index is 11.6. The molecule has 7 nitrogen and oxygen atoms in total. The topological polar surface area (TPSA) is 83.5 Å². The zero-order valence-corrected chi connectivity index (χ0v) is 14.9. The lowest BCUT2D eigenvalue weighted by atomic mass is 10.0. The molecule has 1 aromatic rings. The summed E-state index contributed by atoms with van der Waals surface area (Å²) in [6.45, 7) is 0.288. The molecule has 0 bridgehead atoms. The smallest absolute Gasteiger partial charge is 0.308 e. The number of carbonyl (C=O) groups excluding carboxylic acids is 1. The molecular weight excluding hydrogens is 340 g/mol. The van der Waals surface area contributed by atoms with Crippen molar-refractivity contribution in [2.75, 3.05) is 20.8 Å². The van der Waals surface area contributed by atoms with E-state index in [-0.39, 0.29) is 19.1 Å². The monoisotopic (exact) mass is 364 g/mol. The maximum absolute atomic E-state index is 11.6. The average Bonchev–Trinajstić information content (AvgIpc) is 2.67. The van der Waals surface area contributed by atoms with Crippen molar-refractivity contribution in [3.8, 4) is 5.75 Å². The van der Waals surface area contributed by atoms with Gasteiger partial charge < -0.3 is 28.8 Å². The van der Waals surface area contributed by atoms with Crippen LogP contribution in [0.2, 0.25) is 0 Å². The number of rotatable bonds is 4. The van der Waals surface area contributed by atoms with Crippen LogP contribution in [0.1, 0.15) is 24.7 Å². The summed E-state index contributed by atoms with van der Waals surface area (Å²) in [4.78, 5) is 11.6. The number of benzene rings is 1. The van der Waals surface area contributed by atoms with E-state index in [0.29, 0.717) is 6.42 Å². The lowest BCUT2D eigenvalue weighted by molar-refractivity contribution is -0.267. The molecule has 1 fully saturated rings. The molecule has 0 radical (unpaired) electrons. The van der Waals surface area contributed by atoms with Gasteiger partial charge in [0.15, 0.2) is 6.29 Å². The predicted molar refractivity (Wildman–Crippen MR) is 91.6 cm³/mol. The van der Waals surface area contributed by atoms with Crippen molar-refractivity contribution in [2.24, 2.45) is 0 Å². The van der Waals surface area contributed by atoms with E-state index < -0.39 is 30.6 Å². The van der Waals surface area contributed by atoms with Crippen molar-refractivity contribution >= 4 is 5.97 Å². The minimum atomic E-state index is -0.786. The van der Waals surface area contributed by atoms with Crippen LogP contribution in [0.4, 0.5) is 0 Å². The Morgan fingerprint density at radius 2 is 2.00 bits per heavy atom. The van der Waals surface area contributed by atoms with Gasteiger partial charge in [-0.15, -0.1) is 0 Å². The van der Waals surface area contributed by atoms with E-state index in [1.807, 2.05) is 36.4 Å². The van der Waals surface area contributed by atoms with Gasteiger partial charge in [-0.3, -0.25) is 4.79 Å². The molecule has 142 valence electrons. The first kappa shape index (κ1) is 18.8. The fraction of sp³-hybridized carbons (Fsp3) is 0.526. The third-order valence-electron chi connectivity index (χ3n) is 4.52. The Kier molecular flexibility index (Phi) is 6.26. The van der Waals surface area contributed by atoms with Gasteiger partial charge in [0.1, 0.15) is 18.0 Å². The molecule has 0 amide bonds. The Morgan fingerprint density at radius 1 is 1.23 bits per heavy atom. The van der Waals surface area contributed by atoms with E-state index in [9.17, 15) is 9.90 Å². The number of carbonyl (C=O) groups is 1. The van der Waals surface area contributed by atoms with E-state index in [4.69, 9.17) is 18.9 Å². The van der Waals surface area contributed by atoms with E-state index in [0.717, 1.165) is 11.3 Å². The molecule has 2 aliphatic rings. The van der Waals surface area contributed by atoms with Crippen molar-refractivity contribution in [1.82, 2.24) is 0 Å². The van der Waals surface area contributed by atoms with Gasteiger partial charge >= 0.3 is 5.97 Å². The molecule has 1 saturated heterocycles. The molecule has 0 spiro atoms.